The number of rotatable bonds is 4. The van der Waals surface area contributed by atoms with Crippen molar-refractivity contribution in [3.8, 4) is 0 Å². The Bertz CT molecular complexity index is 906. The molecule has 2 N–H and O–H groups in total. The smallest absolute Gasteiger partial charge is 0.257 e. The summed E-state index contributed by atoms with van der Waals surface area (Å²) in [7, 11) is 0. The Morgan fingerprint density at radius 1 is 1.04 bits per heavy atom. The van der Waals surface area contributed by atoms with Crippen molar-refractivity contribution in [2.24, 2.45) is 0 Å². The predicted molar refractivity (Wildman–Crippen MR) is 101 cm³/mol. The highest BCUT2D eigenvalue weighted by molar-refractivity contribution is 7.22. The summed E-state index contributed by atoms with van der Waals surface area (Å²) in [5.41, 5.74) is 4.68. The van der Waals surface area contributed by atoms with E-state index < -0.39 is 0 Å². The first-order valence-corrected chi connectivity index (χ1v) is 8.77. The van der Waals surface area contributed by atoms with Crippen LogP contribution in [0, 0.1) is 13.8 Å². The Morgan fingerprint density at radius 2 is 1.72 bits per heavy atom. The molecule has 0 unspecified atom stereocenters. The molecule has 5 nitrogen and oxygen atoms in total. The molecule has 2 aromatic carbocycles. The summed E-state index contributed by atoms with van der Waals surface area (Å²) in [6.45, 7) is 5.98. The molecular formula is C19H19N3O2S. The second-order valence-electron chi connectivity index (χ2n) is 5.96. The molecule has 0 atom stereocenters. The fourth-order valence-electron chi connectivity index (χ4n) is 2.48. The van der Waals surface area contributed by atoms with Gasteiger partial charge in [-0.2, -0.15) is 0 Å². The quantitative estimate of drug-likeness (QED) is 0.749. The third-order valence-electron chi connectivity index (χ3n) is 3.92. The normalized spacial score (nSPS) is 10.7. The second kappa shape index (κ2) is 7.03. The van der Waals surface area contributed by atoms with Gasteiger partial charge in [0.2, 0.25) is 5.91 Å². The van der Waals surface area contributed by atoms with Crippen LogP contribution in [0.2, 0.25) is 0 Å². The summed E-state index contributed by atoms with van der Waals surface area (Å²) in [6.07, 6.45) is 0. The van der Waals surface area contributed by atoms with Gasteiger partial charge in [0.1, 0.15) is 0 Å². The van der Waals surface area contributed by atoms with Gasteiger partial charge in [0.25, 0.3) is 5.91 Å². The average Bonchev–Trinajstić information content (AvgIpc) is 3.02. The molecule has 0 aliphatic heterocycles. The molecule has 0 aliphatic rings. The molecule has 0 radical (unpaired) electrons. The zero-order valence-electron chi connectivity index (χ0n) is 14.3. The molecule has 3 rings (SSSR count). The molecule has 0 saturated carbocycles. The maximum Gasteiger partial charge on any atom is 0.257 e. The van der Waals surface area contributed by atoms with E-state index in [0.717, 1.165) is 26.9 Å². The highest BCUT2D eigenvalue weighted by atomic mass is 32.1. The minimum atomic E-state index is -0.194. The van der Waals surface area contributed by atoms with Gasteiger partial charge in [-0.05, 0) is 42.7 Å². The fourth-order valence-corrected chi connectivity index (χ4v) is 3.49. The monoisotopic (exact) mass is 353 g/mol. The van der Waals surface area contributed by atoms with Crippen molar-refractivity contribution in [3.63, 3.8) is 0 Å². The average molecular weight is 353 g/mol. The van der Waals surface area contributed by atoms with Crippen LogP contribution in [-0.2, 0) is 11.3 Å². The number of carbonyl (C=O) groups excluding carboxylic acids is 2. The molecule has 0 spiro atoms. The van der Waals surface area contributed by atoms with E-state index in [0.29, 0.717) is 17.2 Å². The third-order valence-corrected chi connectivity index (χ3v) is 5.03. The van der Waals surface area contributed by atoms with Gasteiger partial charge >= 0.3 is 0 Å². The highest BCUT2D eigenvalue weighted by Gasteiger charge is 2.12. The van der Waals surface area contributed by atoms with Gasteiger partial charge in [0.15, 0.2) is 5.13 Å². The zero-order valence-corrected chi connectivity index (χ0v) is 15.2. The first-order valence-electron chi connectivity index (χ1n) is 7.95. The van der Waals surface area contributed by atoms with E-state index in [9.17, 15) is 9.59 Å². The van der Waals surface area contributed by atoms with Crippen LogP contribution >= 0.6 is 11.3 Å². The van der Waals surface area contributed by atoms with E-state index in [-0.39, 0.29) is 11.8 Å². The largest absolute Gasteiger partial charge is 0.352 e. The van der Waals surface area contributed by atoms with Crippen molar-refractivity contribution in [2.45, 2.75) is 27.3 Å². The van der Waals surface area contributed by atoms with E-state index in [1.54, 1.807) is 12.1 Å². The van der Waals surface area contributed by atoms with E-state index in [1.807, 2.05) is 32.0 Å². The SMILES string of the molecule is CC(=O)NCc1ccc(C(=O)Nc2nc3c(C)ccc(C)c3s2)cc1. The first-order chi connectivity index (χ1) is 11.9. The number of fused-ring (bicyclic) bond motifs is 1. The van der Waals surface area contributed by atoms with Crippen LogP contribution in [0.3, 0.4) is 0 Å². The lowest BCUT2D eigenvalue weighted by Crippen LogP contribution is -2.19. The number of carbonyl (C=O) groups is 2. The number of thiazole rings is 1. The van der Waals surface area contributed by atoms with Crippen molar-refractivity contribution in [3.05, 3.63) is 58.7 Å². The minimum absolute atomic E-state index is 0.0803. The van der Waals surface area contributed by atoms with Crippen LogP contribution in [0.15, 0.2) is 36.4 Å². The molecule has 128 valence electrons. The molecule has 25 heavy (non-hydrogen) atoms. The summed E-state index contributed by atoms with van der Waals surface area (Å²) < 4.78 is 1.10. The highest BCUT2D eigenvalue weighted by Crippen LogP contribution is 2.31. The van der Waals surface area contributed by atoms with Crippen LogP contribution in [0.5, 0.6) is 0 Å². The van der Waals surface area contributed by atoms with Gasteiger partial charge in [0, 0.05) is 19.0 Å². The number of aromatic nitrogens is 1. The van der Waals surface area contributed by atoms with Crippen molar-refractivity contribution in [1.29, 1.82) is 0 Å². The number of anilines is 1. The molecule has 1 aromatic heterocycles. The summed E-state index contributed by atoms with van der Waals surface area (Å²) in [5, 5.41) is 6.20. The van der Waals surface area contributed by atoms with Gasteiger partial charge in [0.05, 0.1) is 10.2 Å². The Hall–Kier alpha value is -2.73. The van der Waals surface area contributed by atoms with Crippen LogP contribution in [0.25, 0.3) is 10.2 Å². The molecule has 3 aromatic rings. The number of nitrogens with zero attached hydrogens (tertiary/aromatic N) is 1. The minimum Gasteiger partial charge on any atom is -0.352 e. The zero-order chi connectivity index (χ0) is 18.0. The summed E-state index contributed by atoms with van der Waals surface area (Å²) in [4.78, 5) is 27.9. The number of aryl methyl sites for hydroxylation is 2. The molecule has 0 aliphatic carbocycles. The lowest BCUT2D eigenvalue weighted by atomic mass is 10.1. The van der Waals surface area contributed by atoms with Gasteiger partial charge in [-0.3, -0.25) is 14.9 Å². The molecule has 0 saturated heterocycles. The van der Waals surface area contributed by atoms with Gasteiger partial charge in [-0.1, -0.05) is 35.6 Å². The van der Waals surface area contributed by atoms with E-state index in [4.69, 9.17) is 0 Å². The lowest BCUT2D eigenvalue weighted by molar-refractivity contribution is -0.119. The maximum absolute atomic E-state index is 12.4. The van der Waals surface area contributed by atoms with Crippen LogP contribution < -0.4 is 10.6 Å². The Labute approximate surface area is 150 Å². The number of amides is 2. The fraction of sp³-hybridized carbons (Fsp3) is 0.211. The van der Waals surface area contributed by atoms with Crippen LogP contribution in [0.1, 0.15) is 34.0 Å². The van der Waals surface area contributed by atoms with E-state index in [2.05, 4.69) is 21.7 Å². The summed E-state index contributed by atoms with van der Waals surface area (Å²) in [5.74, 6) is -0.274. The number of benzene rings is 2. The molecule has 6 heteroatoms. The van der Waals surface area contributed by atoms with E-state index >= 15 is 0 Å². The first kappa shape index (κ1) is 17.1. The molecule has 1 heterocycles. The molecule has 0 bridgehead atoms. The number of hydrogen-bond donors (Lipinski definition) is 2. The van der Waals surface area contributed by atoms with Crippen molar-refractivity contribution >= 4 is 38.5 Å². The van der Waals surface area contributed by atoms with E-state index in [1.165, 1.54) is 18.3 Å². The molecular weight excluding hydrogens is 334 g/mol. The summed E-state index contributed by atoms with van der Waals surface area (Å²) in [6, 6.07) is 11.3. The topological polar surface area (TPSA) is 71.1 Å². The van der Waals surface area contributed by atoms with Gasteiger partial charge in [-0.25, -0.2) is 4.98 Å². The predicted octanol–water partition coefficient (Wildman–Crippen LogP) is 3.80. The Morgan fingerprint density at radius 3 is 2.36 bits per heavy atom. The third kappa shape index (κ3) is 3.85. The second-order valence-corrected chi connectivity index (χ2v) is 6.96. The van der Waals surface area contributed by atoms with Crippen LogP contribution in [-0.4, -0.2) is 16.8 Å². The molecule has 2 amide bonds. The van der Waals surface area contributed by atoms with Crippen molar-refractivity contribution in [1.82, 2.24) is 10.3 Å². The molecule has 0 fully saturated rings. The summed E-state index contributed by atoms with van der Waals surface area (Å²) >= 11 is 1.48. The Balaban J connectivity index is 1.75. The van der Waals surface area contributed by atoms with Crippen molar-refractivity contribution < 1.29 is 9.59 Å². The van der Waals surface area contributed by atoms with Crippen molar-refractivity contribution in [2.75, 3.05) is 5.32 Å². The standard InChI is InChI=1S/C19H19N3O2S/c1-11-4-5-12(2)17-16(11)21-19(25-17)22-18(24)15-8-6-14(7-9-15)10-20-13(3)23/h4-9H,10H2,1-3H3,(H,20,23)(H,21,22,24). The maximum atomic E-state index is 12.4. The van der Waals surface area contributed by atoms with Gasteiger partial charge < -0.3 is 5.32 Å². The lowest BCUT2D eigenvalue weighted by Gasteiger charge is -2.05. The van der Waals surface area contributed by atoms with Crippen LogP contribution in [0.4, 0.5) is 5.13 Å². The Kier molecular flexibility index (Phi) is 4.81. The number of hydrogen-bond acceptors (Lipinski definition) is 4. The number of nitrogens with one attached hydrogen (secondary N) is 2. The van der Waals surface area contributed by atoms with Gasteiger partial charge in [-0.15, -0.1) is 0 Å².